The van der Waals surface area contributed by atoms with Crippen molar-refractivity contribution in [1.82, 2.24) is 4.90 Å². The van der Waals surface area contributed by atoms with Gasteiger partial charge in [0, 0.05) is 24.1 Å². The molecule has 1 heterocycles. The minimum atomic E-state index is -6.42. The number of halogens is 7. The van der Waals surface area contributed by atoms with Crippen molar-refractivity contribution in [3.8, 4) is 0 Å². The molecule has 0 bridgehead atoms. The first kappa shape index (κ1) is 19.2. The smallest absolute Gasteiger partial charge is 0.353 e. The van der Waals surface area contributed by atoms with E-state index >= 15 is 0 Å². The van der Waals surface area contributed by atoms with E-state index in [1.165, 1.54) is 4.90 Å². The van der Waals surface area contributed by atoms with Crippen LogP contribution in [-0.2, 0) is 5.92 Å². The van der Waals surface area contributed by atoms with Crippen molar-refractivity contribution in [2.75, 3.05) is 13.1 Å². The van der Waals surface area contributed by atoms with Gasteiger partial charge in [-0.05, 0) is 6.42 Å². The summed E-state index contributed by atoms with van der Waals surface area (Å²) in [6.07, 6.45) is -5.21. The summed E-state index contributed by atoms with van der Waals surface area (Å²) in [5, 5.41) is 7.59. The molecule has 0 spiro atoms. The third kappa shape index (κ3) is 3.47. The molecule has 2 rings (SSSR count). The second kappa shape index (κ2) is 6.30. The minimum absolute atomic E-state index is 0.116. The maximum atomic E-state index is 13.6. The zero-order chi connectivity index (χ0) is 19.0. The molecule has 0 aromatic heterocycles. The Bertz CT molecular complexity index is 667. The maximum Gasteiger partial charge on any atom is 0.460 e. The highest BCUT2D eigenvalue weighted by molar-refractivity contribution is 5.99. The highest BCUT2D eigenvalue weighted by atomic mass is 19.4. The number of Topliss-reactive ketones (excluding diaryl/α,β-unsaturated/α-hetero) is 1. The number of hydrogen-bond donors (Lipinski definition) is 1. The highest BCUT2D eigenvalue weighted by Crippen LogP contribution is 2.51. The summed E-state index contributed by atoms with van der Waals surface area (Å²) in [4.78, 5) is 13.5. The van der Waals surface area contributed by atoms with Crippen LogP contribution in [-0.4, -0.2) is 41.7 Å². The molecule has 138 valence electrons. The number of carbonyl (C=O) groups is 1. The van der Waals surface area contributed by atoms with Crippen molar-refractivity contribution in [3.63, 3.8) is 0 Å². The zero-order valence-corrected chi connectivity index (χ0v) is 12.6. The third-order valence-corrected chi connectivity index (χ3v) is 3.88. The number of likely N-dealkylation sites (tertiary alicyclic amines) is 1. The van der Waals surface area contributed by atoms with E-state index in [4.69, 9.17) is 5.41 Å². The van der Waals surface area contributed by atoms with Gasteiger partial charge in [-0.25, -0.2) is 0 Å². The van der Waals surface area contributed by atoms with Crippen molar-refractivity contribution in [1.29, 1.82) is 5.41 Å². The summed E-state index contributed by atoms with van der Waals surface area (Å²) in [5.41, 5.74) is -1.66. The molecule has 1 aromatic rings. The van der Waals surface area contributed by atoms with Crippen LogP contribution in [0.5, 0.6) is 0 Å². The number of benzene rings is 1. The van der Waals surface area contributed by atoms with E-state index < -0.39 is 29.4 Å². The largest absolute Gasteiger partial charge is 0.460 e. The third-order valence-electron chi connectivity index (χ3n) is 3.88. The quantitative estimate of drug-likeness (QED) is 0.623. The van der Waals surface area contributed by atoms with Gasteiger partial charge in [0.05, 0.1) is 12.4 Å². The SMILES string of the molecule is N=C1CCCN1CC(=O)c1ccc(C(F)(F)C(F)(F)C(F)(F)F)cc1. The molecular weight excluding hydrogens is 357 g/mol. The van der Waals surface area contributed by atoms with Crippen molar-refractivity contribution in [2.45, 2.75) is 30.9 Å². The lowest BCUT2D eigenvalue weighted by molar-refractivity contribution is -0.359. The Morgan fingerprint density at radius 2 is 1.60 bits per heavy atom. The van der Waals surface area contributed by atoms with Crippen LogP contribution in [0.15, 0.2) is 24.3 Å². The number of nitrogens with zero attached hydrogens (tertiary/aromatic N) is 1. The molecule has 0 amide bonds. The Balaban J connectivity index is 2.19. The van der Waals surface area contributed by atoms with Crippen molar-refractivity contribution in [3.05, 3.63) is 35.4 Å². The standard InChI is InChI=1S/C15H13F7N2O/c16-13(17,14(18,19)15(20,21)22)10-5-3-9(4-6-10)11(25)8-24-7-1-2-12(24)23/h3-6,23H,1-2,7-8H2. The lowest BCUT2D eigenvalue weighted by atomic mass is 9.99. The molecule has 1 fully saturated rings. The summed E-state index contributed by atoms with van der Waals surface area (Å²) < 4.78 is 89.6. The lowest BCUT2D eigenvalue weighted by Gasteiger charge is -2.28. The molecule has 1 aromatic carbocycles. The first-order valence-corrected chi connectivity index (χ1v) is 7.16. The fourth-order valence-corrected chi connectivity index (χ4v) is 2.39. The minimum Gasteiger partial charge on any atom is -0.353 e. The average Bonchev–Trinajstić information content (AvgIpc) is 2.91. The van der Waals surface area contributed by atoms with E-state index in [9.17, 15) is 35.5 Å². The summed E-state index contributed by atoms with van der Waals surface area (Å²) in [7, 11) is 0. The molecule has 1 saturated heterocycles. The van der Waals surface area contributed by atoms with Gasteiger partial charge in [0.2, 0.25) is 0 Å². The number of carbonyl (C=O) groups excluding carboxylic acids is 1. The number of amidine groups is 1. The first-order valence-electron chi connectivity index (χ1n) is 7.16. The van der Waals surface area contributed by atoms with Crippen LogP contribution in [0.1, 0.15) is 28.8 Å². The molecule has 0 unspecified atom stereocenters. The van der Waals surface area contributed by atoms with E-state index in [2.05, 4.69) is 0 Å². The van der Waals surface area contributed by atoms with E-state index in [1.807, 2.05) is 0 Å². The fourth-order valence-electron chi connectivity index (χ4n) is 2.39. The van der Waals surface area contributed by atoms with Crippen molar-refractivity contribution in [2.24, 2.45) is 0 Å². The van der Waals surface area contributed by atoms with Crippen LogP contribution in [0.25, 0.3) is 0 Å². The second-order valence-corrected chi connectivity index (χ2v) is 5.62. The molecule has 0 radical (unpaired) electrons. The van der Waals surface area contributed by atoms with Gasteiger partial charge in [-0.1, -0.05) is 24.3 Å². The molecule has 0 aliphatic carbocycles. The van der Waals surface area contributed by atoms with Gasteiger partial charge < -0.3 is 4.90 Å². The van der Waals surface area contributed by atoms with E-state index in [0.29, 0.717) is 31.5 Å². The molecule has 3 nitrogen and oxygen atoms in total. The van der Waals surface area contributed by atoms with E-state index in [1.54, 1.807) is 0 Å². The maximum absolute atomic E-state index is 13.6. The van der Waals surface area contributed by atoms with Gasteiger partial charge in [-0.15, -0.1) is 0 Å². The number of hydrogen-bond acceptors (Lipinski definition) is 2. The second-order valence-electron chi connectivity index (χ2n) is 5.62. The van der Waals surface area contributed by atoms with Crippen LogP contribution in [0.4, 0.5) is 30.7 Å². The topological polar surface area (TPSA) is 44.2 Å². The predicted octanol–water partition coefficient (Wildman–Crippen LogP) is 4.23. The highest BCUT2D eigenvalue weighted by Gasteiger charge is 2.73. The summed E-state index contributed by atoms with van der Waals surface area (Å²) in [6.45, 7) is 0.297. The van der Waals surface area contributed by atoms with Gasteiger partial charge in [0.15, 0.2) is 5.78 Å². The van der Waals surface area contributed by atoms with Crippen LogP contribution in [0, 0.1) is 5.41 Å². The zero-order valence-electron chi connectivity index (χ0n) is 12.6. The summed E-state index contributed by atoms with van der Waals surface area (Å²) >= 11 is 0. The van der Waals surface area contributed by atoms with E-state index in [0.717, 1.165) is 12.1 Å². The number of rotatable bonds is 5. The molecule has 10 heteroatoms. The molecule has 1 aliphatic heterocycles. The Labute approximate surface area is 137 Å². The van der Waals surface area contributed by atoms with Gasteiger partial charge in [-0.3, -0.25) is 10.2 Å². The van der Waals surface area contributed by atoms with Crippen molar-refractivity contribution >= 4 is 11.6 Å². The molecular formula is C15H13F7N2O. The van der Waals surface area contributed by atoms with Crippen LogP contribution in [0.3, 0.4) is 0 Å². The van der Waals surface area contributed by atoms with E-state index in [-0.39, 0.29) is 17.9 Å². The normalized spacial score (nSPS) is 16.4. The summed E-state index contributed by atoms with van der Waals surface area (Å²) in [6, 6.07) is 2.31. The molecule has 25 heavy (non-hydrogen) atoms. The first-order chi connectivity index (χ1) is 11.4. The van der Waals surface area contributed by atoms with Crippen LogP contribution in [0.2, 0.25) is 0 Å². The van der Waals surface area contributed by atoms with Crippen LogP contribution < -0.4 is 0 Å². The van der Waals surface area contributed by atoms with Crippen molar-refractivity contribution < 1.29 is 35.5 Å². The van der Waals surface area contributed by atoms with Gasteiger partial charge in [0.1, 0.15) is 0 Å². The molecule has 0 saturated carbocycles. The van der Waals surface area contributed by atoms with Crippen LogP contribution >= 0.6 is 0 Å². The lowest BCUT2D eigenvalue weighted by Crippen LogP contribution is -2.50. The number of nitrogens with one attached hydrogen (secondary N) is 1. The Morgan fingerprint density at radius 1 is 1.04 bits per heavy atom. The number of ketones is 1. The van der Waals surface area contributed by atoms with Gasteiger partial charge in [-0.2, -0.15) is 30.7 Å². The molecule has 1 aliphatic rings. The van der Waals surface area contributed by atoms with Gasteiger partial charge in [0.25, 0.3) is 0 Å². The fraction of sp³-hybridized carbons (Fsp3) is 0.467. The predicted molar refractivity (Wildman–Crippen MR) is 74.2 cm³/mol. The monoisotopic (exact) mass is 370 g/mol. The van der Waals surface area contributed by atoms with Gasteiger partial charge >= 0.3 is 18.0 Å². The Hall–Kier alpha value is -2.13. The Kier molecular flexibility index (Phi) is 4.84. The number of alkyl halides is 7. The molecule has 1 N–H and O–H groups in total. The Morgan fingerprint density at radius 3 is 2.04 bits per heavy atom. The molecule has 0 atom stereocenters. The summed E-state index contributed by atoms with van der Waals surface area (Å²) in [5.74, 6) is -12.0. The average molecular weight is 370 g/mol.